The van der Waals surface area contributed by atoms with Gasteiger partial charge in [0.2, 0.25) is 0 Å². The van der Waals surface area contributed by atoms with E-state index in [2.05, 4.69) is 53.8 Å². The largest absolute Gasteiger partial charge is 0.315 e. The molecule has 1 N–H and O–H groups in total. The zero-order chi connectivity index (χ0) is 11.4. The average molecular weight is 199 g/mol. The zero-order valence-corrected chi connectivity index (χ0v) is 11.2. The van der Waals surface area contributed by atoms with Crippen LogP contribution in [0.25, 0.3) is 0 Å². The van der Waals surface area contributed by atoms with E-state index in [4.69, 9.17) is 0 Å². The van der Waals surface area contributed by atoms with E-state index in [1.54, 1.807) is 0 Å². The number of hydrogen-bond donors (Lipinski definition) is 1. The molecule has 0 bridgehead atoms. The molecule has 0 atom stereocenters. The van der Waals surface area contributed by atoms with Gasteiger partial charge in [-0.15, -0.1) is 0 Å². The van der Waals surface area contributed by atoms with Crippen LogP contribution in [0.3, 0.4) is 0 Å². The molecule has 0 saturated carbocycles. The molecule has 0 fully saturated rings. The quantitative estimate of drug-likeness (QED) is 0.663. The molecule has 1 nitrogen and oxygen atoms in total. The van der Waals surface area contributed by atoms with Gasteiger partial charge < -0.3 is 5.32 Å². The Balaban J connectivity index is 3.78. The second-order valence-corrected chi connectivity index (χ2v) is 6.35. The summed E-state index contributed by atoms with van der Waals surface area (Å²) in [4.78, 5) is 0. The Labute approximate surface area is 90.7 Å². The standard InChI is InChI=1S/C13H29N/c1-11(2)14-10-8-9-13(6,7)12(3,4)5/h11,14H,8-10H2,1-7H3. The first-order chi connectivity index (χ1) is 6.17. The molecule has 0 aliphatic heterocycles. The van der Waals surface area contributed by atoms with Gasteiger partial charge in [0.25, 0.3) is 0 Å². The lowest BCUT2D eigenvalue weighted by Gasteiger charge is -2.39. The third kappa shape index (κ3) is 4.99. The molecule has 0 radical (unpaired) electrons. The van der Waals surface area contributed by atoms with Crippen LogP contribution < -0.4 is 5.32 Å². The summed E-state index contributed by atoms with van der Waals surface area (Å²) >= 11 is 0. The van der Waals surface area contributed by atoms with E-state index in [1.807, 2.05) is 0 Å². The highest BCUT2D eigenvalue weighted by Gasteiger charge is 2.31. The zero-order valence-electron chi connectivity index (χ0n) is 11.2. The summed E-state index contributed by atoms with van der Waals surface area (Å²) in [6.07, 6.45) is 2.58. The normalized spacial score (nSPS) is 13.7. The lowest BCUT2D eigenvalue weighted by molar-refractivity contribution is 0.116. The number of rotatable bonds is 5. The van der Waals surface area contributed by atoms with Crippen LogP contribution >= 0.6 is 0 Å². The fourth-order valence-electron chi connectivity index (χ4n) is 1.30. The maximum Gasteiger partial charge on any atom is 0.00103 e. The molecule has 0 amide bonds. The minimum absolute atomic E-state index is 0.408. The first-order valence-corrected chi connectivity index (χ1v) is 5.90. The van der Waals surface area contributed by atoms with E-state index in [-0.39, 0.29) is 0 Å². The van der Waals surface area contributed by atoms with Crippen molar-refractivity contribution in [2.75, 3.05) is 6.54 Å². The van der Waals surface area contributed by atoms with E-state index in [0.717, 1.165) is 6.54 Å². The van der Waals surface area contributed by atoms with E-state index >= 15 is 0 Å². The Kier molecular flexibility index (Phi) is 5.14. The van der Waals surface area contributed by atoms with Gasteiger partial charge in [-0.2, -0.15) is 0 Å². The van der Waals surface area contributed by atoms with Crippen molar-refractivity contribution in [3.8, 4) is 0 Å². The van der Waals surface area contributed by atoms with Crippen molar-refractivity contribution in [3.63, 3.8) is 0 Å². The summed E-state index contributed by atoms with van der Waals surface area (Å²) in [5.41, 5.74) is 0.844. The maximum absolute atomic E-state index is 3.47. The van der Waals surface area contributed by atoms with E-state index in [0.29, 0.717) is 16.9 Å². The molecular weight excluding hydrogens is 170 g/mol. The fraction of sp³-hybridized carbons (Fsp3) is 1.00. The molecule has 14 heavy (non-hydrogen) atoms. The Hall–Kier alpha value is -0.0400. The van der Waals surface area contributed by atoms with Gasteiger partial charge in [0.1, 0.15) is 0 Å². The van der Waals surface area contributed by atoms with E-state index < -0.39 is 0 Å². The van der Waals surface area contributed by atoms with Crippen molar-refractivity contribution < 1.29 is 0 Å². The summed E-state index contributed by atoms with van der Waals surface area (Å²) in [6.45, 7) is 17.3. The van der Waals surface area contributed by atoms with Crippen LogP contribution in [-0.2, 0) is 0 Å². The molecule has 0 spiro atoms. The average Bonchev–Trinajstić information content (AvgIpc) is 1.95. The minimum atomic E-state index is 0.408. The van der Waals surface area contributed by atoms with Crippen LogP contribution in [0.2, 0.25) is 0 Å². The molecule has 0 heterocycles. The second-order valence-electron chi connectivity index (χ2n) is 6.35. The molecule has 0 rings (SSSR count). The van der Waals surface area contributed by atoms with Crippen LogP contribution in [-0.4, -0.2) is 12.6 Å². The van der Waals surface area contributed by atoms with Crippen LogP contribution in [0.1, 0.15) is 61.3 Å². The number of nitrogens with one attached hydrogen (secondary N) is 1. The Bertz CT molecular complexity index is 151. The molecule has 0 aliphatic carbocycles. The summed E-state index contributed by atoms with van der Waals surface area (Å²) in [6, 6.07) is 0.618. The molecule has 86 valence electrons. The van der Waals surface area contributed by atoms with E-state index in [9.17, 15) is 0 Å². The van der Waals surface area contributed by atoms with Crippen LogP contribution in [0.15, 0.2) is 0 Å². The van der Waals surface area contributed by atoms with Gasteiger partial charge in [-0.05, 0) is 30.2 Å². The second kappa shape index (κ2) is 5.16. The van der Waals surface area contributed by atoms with Crippen LogP contribution in [0, 0.1) is 10.8 Å². The predicted molar refractivity (Wildman–Crippen MR) is 65.6 cm³/mol. The maximum atomic E-state index is 3.47. The Morgan fingerprint density at radius 3 is 1.86 bits per heavy atom. The van der Waals surface area contributed by atoms with E-state index in [1.165, 1.54) is 12.8 Å². The smallest absolute Gasteiger partial charge is 0.00103 e. The summed E-state index contributed by atoms with van der Waals surface area (Å²) in [5, 5.41) is 3.47. The van der Waals surface area contributed by atoms with Gasteiger partial charge in [0, 0.05) is 6.04 Å². The van der Waals surface area contributed by atoms with Gasteiger partial charge in [-0.1, -0.05) is 48.5 Å². The topological polar surface area (TPSA) is 12.0 Å². The Morgan fingerprint density at radius 2 is 1.50 bits per heavy atom. The van der Waals surface area contributed by atoms with Crippen molar-refractivity contribution in [2.24, 2.45) is 10.8 Å². The SMILES string of the molecule is CC(C)NCCCC(C)(C)C(C)(C)C. The highest BCUT2D eigenvalue weighted by Crippen LogP contribution is 2.41. The van der Waals surface area contributed by atoms with Gasteiger partial charge in [-0.25, -0.2) is 0 Å². The Morgan fingerprint density at radius 1 is 1.00 bits per heavy atom. The van der Waals surface area contributed by atoms with Crippen molar-refractivity contribution in [2.45, 2.75) is 67.3 Å². The lowest BCUT2D eigenvalue weighted by Crippen LogP contribution is -2.31. The van der Waals surface area contributed by atoms with Crippen molar-refractivity contribution in [3.05, 3.63) is 0 Å². The van der Waals surface area contributed by atoms with Gasteiger partial charge in [0.05, 0.1) is 0 Å². The molecule has 1 heteroatoms. The van der Waals surface area contributed by atoms with Crippen molar-refractivity contribution >= 4 is 0 Å². The monoisotopic (exact) mass is 199 g/mol. The minimum Gasteiger partial charge on any atom is -0.315 e. The molecule has 0 aliphatic rings. The van der Waals surface area contributed by atoms with Gasteiger partial charge >= 0.3 is 0 Å². The summed E-state index contributed by atoms with van der Waals surface area (Å²) in [5.74, 6) is 0. The van der Waals surface area contributed by atoms with Crippen molar-refractivity contribution in [1.82, 2.24) is 5.32 Å². The summed E-state index contributed by atoms with van der Waals surface area (Å²) < 4.78 is 0. The van der Waals surface area contributed by atoms with Gasteiger partial charge in [0.15, 0.2) is 0 Å². The highest BCUT2D eigenvalue weighted by atomic mass is 14.9. The third-order valence-corrected chi connectivity index (χ3v) is 3.56. The van der Waals surface area contributed by atoms with Crippen LogP contribution in [0.4, 0.5) is 0 Å². The fourth-order valence-corrected chi connectivity index (χ4v) is 1.30. The lowest BCUT2D eigenvalue weighted by atomic mass is 9.67. The molecule has 0 aromatic rings. The first kappa shape index (κ1) is 14.0. The predicted octanol–water partition coefficient (Wildman–Crippen LogP) is 3.84. The molecule has 0 aromatic carbocycles. The summed E-state index contributed by atoms with van der Waals surface area (Å²) in [7, 11) is 0. The molecule has 0 saturated heterocycles. The molecular formula is C13H29N. The highest BCUT2D eigenvalue weighted by molar-refractivity contribution is 4.82. The third-order valence-electron chi connectivity index (χ3n) is 3.56. The van der Waals surface area contributed by atoms with Crippen molar-refractivity contribution in [1.29, 1.82) is 0 Å². The molecule has 0 unspecified atom stereocenters. The molecule has 0 aromatic heterocycles. The first-order valence-electron chi connectivity index (χ1n) is 5.90. The van der Waals surface area contributed by atoms with Gasteiger partial charge in [-0.3, -0.25) is 0 Å². The van der Waals surface area contributed by atoms with Crippen LogP contribution in [0.5, 0.6) is 0 Å². The number of hydrogen-bond acceptors (Lipinski definition) is 1.